The van der Waals surface area contributed by atoms with Crippen LogP contribution >= 0.6 is 11.3 Å². The number of carbonyl (C=O) groups excluding carboxylic acids is 1. The summed E-state index contributed by atoms with van der Waals surface area (Å²) >= 11 is 1.08. The van der Waals surface area contributed by atoms with E-state index in [4.69, 9.17) is 9.84 Å². The van der Waals surface area contributed by atoms with Gasteiger partial charge in [0.05, 0.1) is 18.3 Å². The van der Waals surface area contributed by atoms with E-state index in [1.807, 2.05) is 12.1 Å². The highest BCUT2D eigenvalue weighted by Gasteiger charge is 2.19. The molecule has 122 valence electrons. The Hall–Kier alpha value is -2.25. The van der Waals surface area contributed by atoms with Crippen molar-refractivity contribution in [3.05, 3.63) is 51.0 Å². The van der Waals surface area contributed by atoms with Crippen LogP contribution in [0.5, 0.6) is 0 Å². The number of methoxy groups -OCH3 is 1. The first-order chi connectivity index (χ1) is 10.9. The third-order valence-electron chi connectivity index (χ3n) is 3.25. The minimum Gasteiger partial charge on any atom is -0.477 e. The van der Waals surface area contributed by atoms with E-state index in [0.717, 1.165) is 16.9 Å². The first kappa shape index (κ1) is 17.1. The summed E-state index contributed by atoms with van der Waals surface area (Å²) in [5, 5.41) is 12.5. The molecular weight excluding hydrogens is 316 g/mol. The molecule has 0 aliphatic rings. The largest absolute Gasteiger partial charge is 0.477 e. The molecule has 0 saturated carbocycles. The lowest BCUT2D eigenvalue weighted by molar-refractivity contribution is 0.0701. The van der Waals surface area contributed by atoms with Crippen molar-refractivity contribution in [1.82, 2.24) is 10.3 Å². The number of aryl methyl sites for hydroxylation is 1. The summed E-state index contributed by atoms with van der Waals surface area (Å²) in [5.74, 6) is -1.23. The van der Waals surface area contributed by atoms with Crippen LogP contribution in [0, 0.1) is 6.92 Å². The molecule has 1 aromatic heterocycles. The van der Waals surface area contributed by atoms with Gasteiger partial charge in [-0.3, -0.25) is 4.79 Å². The van der Waals surface area contributed by atoms with E-state index < -0.39 is 5.97 Å². The summed E-state index contributed by atoms with van der Waals surface area (Å²) in [7, 11) is 1.61. The van der Waals surface area contributed by atoms with Gasteiger partial charge in [-0.15, -0.1) is 11.3 Å². The molecule has 0 aliphatic carbocycles. The normalized spacial score (nSPS) is 12.0. The van der Waals surface area contributed by atoms with Gasteiger partial charge in [0.1, 0.15) is 9.88 Å². The highest BCUT2D eigenvalue weighted by molar-refractivity contribution is 7.13. The number of benzene rings is 1. The number of hydrogen-bond donors (Lipinski definition) is 2. The van der Waals surface area contributed by atoms with Gasteiger partial charge < -0.3 is 15.2 Å². The lowest BCUT2D eigenvalue weighted by atomic mass is 10.1. The molecule has 23 heavy (non-hydrogen) atoms. The summed E-state index contributed by atoms with van der Waals surface area (Å²) in [6.07, 6.45) is 0. The highest BCUT2D eigenvalue weighted by Crippen LogP contribution is 2.23. The van der Waals surface area contributed by atoms with Gasteiger partial charge in [-0.05, 0) is 31.5 Å². The topological polar surface area (TPSA) is 88.5 Å². The summed E-state index contributed by atoms with van der Waals surface area (Å²) in [6, 6.07) is 6.76. The number of carbonyl (C=O) groups is 2. The second-order valence-electron chi connectivity index (χ2n) is 5.10. The summed E-state index contributed by atoms with van der Waals surface area (Å²) < 4.78 is 5.03. The predicted molar refractivity (Wildman–Crippen MR) is 86.8 cm³/mol. The van der Waals surface area contributed by atoms with Gasteiger partial charge in [-0.25, -0.2) is 9.78 Å². The van der Waals surface area contributed by atoms with Crippen molar-refractivity contribution < 1.29 is 19.4 Å². The first-order valence-corrected chi connectivity index (χ1v) is 7.83. The van der Waals surface area contributed by atoms with Gasteiger partial charge >= 0.3 is 5.97 Å². The van der Waals surface area contributed by atoms with Crippen LogP contribution in [0.3, 0.4) is 0 Å². The monoisotopic (exact) mass is 334 g/mol. The second kappa shape index (κ2) is 7.34. The maximum atomic E-state index is 12.2. The van der Waals surface area contributed by atoms with Gasteiger partial charge in [0.15, 0.2) is 0 Å². The number of carboxylic acid groups (broad SMARTS) is 1. The molecule has 0 aliphatic heterocycles. The van der Waals surface area contributed by atoms with Crippen LogP contribution in [0.4, 0.5) is 0 Å². The lowest BCUT2D eigenvalue weighted by Crippen LogP contribution is -2.26. The Balaban J connectivity index is 2.07. The van der Waals surface area contributed by atoms with Crippen molar-refractivity contribution in [3.63, 3.8) is 0 Å². The fourth-order valence-corrected chi connectivity index (χ4v) is 2.97. The molecule has 1 heterocycles. The zero-order chi connectivity index (χ0) is 17.0. The van der Waals surface area contributed by atoms with E-state index in [9.17, 15) is 9.59 Å². The number of amides is 1. The Morgan fingerprint density at radius 2 is 2.00 bits per heavy atom. The van der Waals surface area contributed by atoms with Crippen LogP contribution in [0.1, 0.15) is 49.3 Å². The van der Waals surface area contributed by atoms with Crippen molar-refractivity contribution in [2.45, 2.75) is 26.5 Å². The van der Waals surface area contributed by atoms with Crippen LogP contribution in [-0.2, 0) is 11.3 Å². The molecular formula is C16H18N2O4S. The Morgan fingerprint density at radius 3 is 2.52 bits per heavy atom. The van der Waals surface area contributed by atoms with Crippen LogP contribution in [-0.4, -0.2) is 29.1 Å². The van der Waals surface area contributed by atoms with Gasteiger partial charge in [-0.2, -0.15) is 0 Å². The number of rotatable bonds is 6. The zero-order valence-corrected chi connectivity index (χ0v) is 13.9. The molecule has 1 aromatic carbocycles. The SMILES string of the molecule is COCc1ccc(C(=O)NC(C)c2nc(C)c(C(=O)O)s2)cc1. The molecule has 1 atom stereocenters. The van der Waals surface area contributed by atoms with E-state index >= 15 is 0 Å². The van der Waals surface area contributed by atoms with E-state index in [-0.39, 0.29) is 16.8 Å². The third-order valence-corrected chi connectivity index (χ3v) is 4.58. The number of ether oxygens (including phenoxy) is 1. The Labute approximate surface area is 138 Å². The number of carboxylic acids is 1. The molecule has 1 unspecified atom stereocenters. The molecule has 6 nitrogen and oxygen atoms in total. The lowest BCUT2D eigenvalue weighted by Gasteiger charge is -2.11. The van der Waals surface area contributed by atoms with Crippen LogP contribution in [0.25, 0.3) is 0 Å². The van der Waals surface area contributed by atoms with E-state index in [1.165, 1.54) is 0 Å². The fourth-order valence-electron chi connectivity index (χ4n) is 2.06. The quantitative estimate of drug-likeness (QED) is 0.848. The van der Waals surface area contributed by atoms with Crippen molar-refractivity contribution in [2.75, 3.05) is 7.11 Å². The molecule has 0 fully saturated rings. The van der Waals surface area contributed by atoms with E-state index in [0.29, 0.717) is 22.9 Å². The highest BCUT2D eigenvalue weighted by atomic mass is 32.1. The number of aromatic carboxylic acids is 1. The second-order valence-corrected chi connectivity index (χ2v) is 6.13. The first-order valence-electron chi connectivity index (χ1n) is 7.01. The van der Waals surface area contributed by atoms with Crippen LogP contribution in [0.2, 0.25) is 0 Å². The van der Waals surface area contributed by atoms with Crippen molar-refractivity contribution in [3.8, 4) is 0 Å². The Morgan fingerprint density at radius 1 is 1.35 bits per heavy atom. The molecule has 7 heteroatoms. The average molecular weight is 334 g/mol. The van der Waals surface area contributed by atoms with Crippen molar-refractivity contribution in [2.24, 2.45) is 0 Å². The summed E-state index contributed by atoms with van der Waals surface area (Å²) in [4.78, 5) is 27.7. The van der Waals surface area contributed by atoms with Gasteiger partial charge in [0.2, 0.25) is 0 Å². The Bertz CT molecular complexity index is 709. The number of thiazole rings is 1. The van der Waals surface area contributed by atoms with E-state index in [2.05, 4.69) is 10.3 Å². The maximum absolute atomic E-state index is 12.2. The number of hydrogen-bond acceptors (Lipinski definition) is 5. The summed E-state index contributed by atoms with van der Waals surface area (Å²) in [6.45, 7) is 3.92. The van der Waals surface area contributed by atoms with Gasteiger partial charge in [0, 0.05) is 12.7 Å². The van der Waals surface area contributed by atoms with E-state index in [1.54, 1.807) is 33.1 Å². The minimum absolute atomic E-state index is 0.199. The van der Waals surface area contributed by atoms with Crippen LogP contribution < -0.4 is 5.32 Å². The summed E-state index contributed by atoms with van der Waals surface area (Å²) in [5.41, 5.74) is 1.98. The third kappa shape index (κ3) is 4.14. The number of nitrogens with one attached hydrogen (secondary N) is 1. The smallest absolute Gasteiger partial charge is 0.347 e. The fraction of sp³-hybridized carbons (Fsp3) is 0.312. The predicted octanol–water partition coefficient (Wildman–Crippen LogP) is 2.79. The van der Waals surface area contributed by atoms with Gasteiger partial charge in [0.25, 0.3) is 5.91 Å². The van der Waals surface area contributed by atoms with Crippen molar-refractivity contribution >= 4 is 23.2 Å². The average Bonchev–Trinajstić information content (AvgIpc) is 2.90. The molecule has 0 bridgehead atoms. The standard InChI is InChI=1S/C16H18N2O4S/c1-9-13(16(20)21)23-15(18-9)10(2)17-14(19)12-6-4-11(5-7-12)8-22-3/h4-7,10H,8H2,1-3H3,(H,17,19)(H,20,21). The Kier molecular flexibility index (Phi) is 5.46. The minimum atomic E-state index is -1.00. The van der Waals surface area contributed by atoms with Gasteiger partial charge in [-0.1, -0.05) is 12.1 Å². The zero-order valence-electron chi connectivity index (χ0n) is 13.1. The molecule has 0 saturated heterocycles. The molecule has 1 amide bonds. The van der Waals surface area contributed by atoms with Crippen molar-refractivity contribution in [1.29, 1.82) is 0 Å². The molecule has 2 rings (SSSR count). The number of nitrogens with zero attached hydrogens (tertiary/aromatic N) is 1. The molecule has 0 radical (unpaired) electrons. The number of aromatic nitrogens is 1. The molecule has 0 spiro atoms. The molecule has 2 N–H and O–H groups in total. The molecule has 2 aromatic rings. The van der Waals surface area contributed by atoms with Crippen LogP contribution in [0.15, 0.2) is 24.3 Å². The maximum Gasteiger partial charge on any atom is 0.347 e.